The van der Waals surface area contributed by atoms with E-state index in [2.05, 4.69) is 34.7 Å². The first-order valence-corrected chi connectivity index (χ1v) is 19.2. The summed E-state index contributed by atoms with van der Waals surface area (Å²) in [5, 5.41) is 7.88. The van der Waals surface area contributed by atoms with Crippen LogP contribution in [0.3, 0.4) is 0 Å². The lowest BCUT2D eigenvalue weighted by atomic mass is 9.95. The van der Waals surface area contributed by atoms with Crippen LogP contribution in [0.4, 0.5) is 5.82 Å². The standard InChI is InChI=1S/C45H46N6O4/c1-29(30-12-6-4-7-13-30)44(53)50-24-10-16-38(50)37-27-35(28-46-37)32-20-18-31(19-21-32)34-22-23-40-36(26-34)42(48-55-40)47-43(52)39-17-11-25-51(39)45(54)41(49(2)3)33-14-8-5-9-15-33/h4-9,12-15,18-23,26,28-29,38-39,41H,10-11,16-17,24-25,27H2,1-3H3,(H,47,48,52)/t29-,38+,39+,41-/m1/s1. The molecule has 4 aromatic carbocycles. The minimum atomic E-state index is -0.606. The number of anilines is 1. The van der Waals surface area contributed by atoms with Crippen LogP contribution < -0.4 is 5.32 Å². The van der Waals surface area contributed by atoms with E-state index in [9.17, 15) is 14.4 Å². The number of likely N-dealkylation sites (tertiary alicyclic amines) is 2. The van der Waals surface area contributed by atoms with Crippen molar-refractivity contribution in [1.29, 1.82) is 0 Å². The summed E-state index contributed by atoms with van der Waals surface area (Å²) < 4.78 is 5.61. The number of nitrogens with one attached hydrogen (secondary N) is 1. The predicted molar refractivity (Wildman–Crippen MR) is 215 cm³/mol. The highest BCUT2D eigenvalue weighted by molar-refractivity contribution is 6.05. The second kappa shape index (κ2) is 15.5. The van der Waals surface area contributed by atoms with Crippen molar-refractivity contribution in [2.75, 3.05) is 32.5 Å². The van der Waals surface area contributed by atoms with Gasteiger partial charge in [-0.3, -0.25) is 24.3 Å². The molecule has 1 N–H and O–H groups in total. The number of aliphatic imine (C=N–C) groups is 1. The van der Waals surface area contributed by atoms with Crippen LogP contribution >= 0.6 is 0 Å². The van der Waals surface area contributed by atoms with Gasteiger partial charge in [0.25, 0.3) is 0 Å². The highest BCUT2D eigenvalue weighted by Gasteiger charge is 2.39. The molecule has 4 heterocycles. The third-order valence-corrected chi connectivity index (χ3v) is 11.4. The number of benzene rings is 4. The van der Waals surface area contributed by atoms with Gasteiger partial charge in [-0.05, 0) is 92.2 Å². The number of aromatic nitrogens is 1. The van der Waals surface area contributed by atoms with E-state index >= 15 is 0 Å². The molecule has 3 aliphatic rings. The van der Waals surface area contributed by atoms with Gasteiger partial charge in [-0.15, -0.1) is 0 Å². The fourth-order valence-corrected chi connectivity index (χ4v) is 8.38. The Morgan fingerprint density at radius 2 is 1.44 bits per heavy atom. The van der Waals surface area contributed by atoms with E-state index in [-0.39, 0.29) is 29.7 Å². The van der Waals surface area contributed by atoms with Gasteiger partial charge in [0.1, 0.15) is 12.1 Å². The Balaban J connectivity index is 0.928. The van der Waals surface area contributed by atoms with E-state index in [0.717, 1.165) is 71.3 Å². The van der Waals surface area contributed by atoms with Gasteiger partial charge >= 0.3 is 0 Å². The summed E-state index contributed by atoms with van der Waals surface area (Å²) in [5.41, 5.74) is 7.73. The van der Waals surface area contributed by atoms with Gasteiger partial charge in [-0.2, -0.15) is 0 Å². The van der Waals surface area contributed by atoms with Crippen LogP contribution in [0, 0.1) is 0 Å². The Hall–Kier alpha value is -5.87. The maximum absolute atomic E-state index is 13.9. The van der Waals surface area contributed by atoms with Crippen LogP contribution in [0.15, 0.2) is 119 Å². The van der Waals surface area contributed by atoms with Crippen LogP contribution in [0.1, 0.15) is 67.7 Å². The molecule has 0 unspecified atom stereocenters. The molecule has 2 fully saturated rings. The lowest BCUT2D eigenvalue weighted by Gasteiger charge is -2.31. The highest BCUT2D eigenvalue weighted by Crippen LogP contribution is 2.35. The summed E-state index contributed by atoms with van der Waals surface area (Å²) in [5.74, 6) is -0.0611. The molecule has 4 atom stereocenters. The quantitative estimate of drug-likeness (QED) is 0.157. The van der Waals surface area contributed by atoms with E-state index in [0.29, 0.717) is 29.8 Å². The second-order valence-corrected chi connectivity index (χ2v) is 15.0. The average molecular weight is 735 g/mol. The van der Waals surface area contributed by atoms with Crippen LogP contribution in [0.5, 0.6) is 0 Å². The lowest BCUT2D eigenvalue weighted by molar-refractivity contribution is -0.140. The fraction of sp³-hybridized carbons (Fsp3) is 0.311. The Labute approximate surface area is 321 Å². The molecular weight excluding hydrogens is 689 g/mol. The van der Waals surface area contributed by atoms with Crippen molar-refractivity contribution >= 4 is 45.8 Å². The van der Waals surface area contributed by atoms with E-state index < -0.39 is 12.1 Å². The molecule has 0 spiro atoms. The Bertz CT molecular complexity index is 2260. The van der Waals surface area contributed by atoms with Crippen LogP contribution in [-0.4, -0.2) is 82.6 Å². The van der Waals surface area contributed by atoms with Crippen molar-refractivity contribution in [1.82, 2.24) is 19.9 Å². The number of rotatable bonds is 10. The number of carbonyl (C=O) groups is 3. The SMILES string of the molecule is C[C@@H](C(=O)N1CCC[C@H]1C1=NC=C(c2ccc(-c3ccc4onc(NC(=O)[C@@H]5CCCN5C(=O)[C@@H](c5ccccc5)N(C)C)c4c3)cc2)C1)c1ccccc1. The molecule has 1 aromatic heterocycles. The van der Waals surface area contributed by atoms with Crippen LogP contribution in [0.25, 0.3) is 27.7 Å². The average Bonchev–Trinajstić information content (AvgIpc) is 4.05. The van der Waals surface area contributed by atoms with Gasteiger partial charge in [-0.1, -0.05) is 96.2 Å². The van der Waals surface area contributed by atoms with Gasteiger partial charge in [0.2, 0.25) is 17.7 Å². The van der Waals surface area contributed by atoms with Gasteiger partial charge in [0.15, 0.2) is 11.4 Å². The van der Waals surface area contributed by atoms with E-state index in [1.165, 1.54) is 0 Å². The minimum absolute atomic E-state index is 0.0261. The zero-order valence-electron chi connectivity index (χ0n) is 31.5. The van der Waals surface area contributed by atoms with Gasteiger partial charge in [0.05, 0.1) is 17.3 Å². The maximum atomic E-state index is 13.9. The molecule has 55 heavy (non-hydrogen) atoms. The largest absolute Gasteiger partial charge is 0.354 e. The Morgan fingerprint density at radius 3 is 2.16 bits per heavy atom. The van der Waals surface area contributed by atoms with E-state index in [4.69, 9.17) is 9.52 Å². The zero-order chi connectivity index (χ0) is 38.1. The molecule has 2 saturated heterocycles. The van der Waals surface area contributed by atoms with Gasteiger partial charge < -0.3 is 19.6 Å². The van der Waals surface area contributed by atoms with Gasteiger partial charge in [-0.25, -0.2) is 0 Å². The smallest absolute Gasteiger partial charge is 0.248 e. The first-order valence-electron chi connectivity index (χ1n) is 19.2. The number of likely N-dealkylation sites (N-methyl/N-ethyl adjacent to an activating group) is 1. The monoisotopic (exact) mass is 734 g/mol. The summed E-state index contributed by atoms with van der Waals surface area (Å²) >= 11 is 0. The molecule has 5 aromatic rings. The summed E-state index contributed by atoms with van der Waals surface area (Å²) in [6, 6.07) is 32.8. The van der Waals surface area contributed by atoms with Crippen LogP contribution in [0.2, 0.25) is 0 Å². The molecule has 0 radical (unpaired) electrons. The number of carbonyl (C=O) groups excluding carboxylic acids is 3. The van der Waals surface area contributed by atoms with Crippen molar-refractivity contribution in [3.8, 4) is 11.1 Å². The second-order valence-electron chi connectivity index (χ2n) is 15.0. The molecule has 280 valence electrons. The Kier molecular flexibility index (Phi) is 10.2. The third kappa shape index (κ3) is 7.22. The topological polar surface area (TPSA) is 111 Å². The molecule has 8 rings (SSSR count). The molecule has 0 aliphatic carbocycles. The molecular formula is C45H46N6O4. The normalized spacial score (nSPS) is 19.4. The Morgan fingerprint density at radius 1 is 0.782 bits per heavy atom. The summed E-state index contributed by atoms with van der Waals surface area (Å²) in [4.78, 5) is 51.6. The number of fused-ring (bicyclic) bond motifs is 1. The fourth-order valence-electron chi connectivity index (χ4n) is 8.38. The number of hydrogen-bond donors (Lipinski definition) is 1. The minimum Gasteiger partial charge on any atom is -0.354 e. The summed E-state index contributed by atoms with van der Waals surface area (Å²) in [6.07, 6.45) is 5.90. The molecule has 3 amide bonds. The number of allylic oxidation sites excluding steroid dienone is 1. The lowest BCUT2D eigenvalue weighted by Crippen LogP contribution is -2.47. The highest BCUT2D eigenvalue weighted by atomic mass is 16.5. The summed E-state index contributed by atoms with van der Waals surface area (Å²) in [6.45, 7) is 3.27. The van der Waals surface area contributed by atoms with E-state index in [1.54, 1.807) is 4.90 Å². The van der Waals surface area contributed by atoms with Crippen molar-refractivity contribution in [3.63, 3.8) is 0 Å². The maximum Gasteiger partial charge on any atom is 0.248 e. The van der Waals surface area contributed by atoms with Crippen molar-refractivity contribution in [3.05, 3.63) is 126 Å². The number of amides is 3. The van der Waals surface area contributed by atoms with Crippen LogP contribution in [-0.2, 0) is 14.4 Å². The molecule has 10 heteroatoms. The van der Waals surface area contributed by atoms with E-state index in [1.807, 2.05) is 116 Å². The first-order chi connectivity index (χ1) is 26.8. The van der Waals surface area contributed by atoms with Crippen molar-refractivity contribution in [2.24, 2.45) is 4.99 Å². The van der Waals surface area contributed by atoms with Crippen molar-refractivity contribution < 1.29 is 18.9 Å². The summed E-state index contributed by atoms with van der Waals surface area (Å²) in [7, 11) is 3.76. The van der Waals surface area contributed by atoms with Gasteiger partial charge in [0, 0.05) is 31.4 Å². The molecule has 0 bridgehead atoms. The first kappa shape index (κ1) is 36.1. The zero-order valence-corrected chi connectivity index (χ0v) is 31.5. The third-order valence-electron chi connectivity index (χ3n) is 11.4. The predicted octanol–water partition coefficient (Wildman–Crippen LogP) is 7.71. The molecule has 10 nitrogen and oxygen atoms in total. The number of hydrogen-bond acceptors (Lipinski definition) is 7. The molecule has 0 saturated carbocycles. The number of nitrogens with zero attached hydrogens (tertiary/aromatic N) is 5. The molecule has 3 aliphatic heterocycles. The van der Waals surface area contributed by atoms with Crippen molar-refractivity contribution in [2.45, 2.75) is 63.1 Å².